The van der Waals surface area contributed by atoms with Gasteiger partial charge in [0.25, 0.3) is 0 Å². The number of fused-ring (bicyclic) bond motifs is 1. The second-order valence-corrected chi connectivity index (χ2v) is 5.70. The van der Waals surface area contributed by atoms with Gasteiger partial charge >= 0.3 is 11.9 Å². The quantitative estimate of drug-likeness (QED) is 0.547. The van der Waals surface area contributed by atoms with E-state index in [1.54, 1.807) is 14.0 Å². The molecule has 124 valence electrons. The second-order valence-electron chi connectivity index (χ2n) is 5.70. The number of aliphatic carboxylic acids is 2. The van der Waals surface area contributed by atoms with E-state index >= 15 is 0 Å². The molecular weight excluding hydrogens is 298 g/mol. The number of rotatable bonds is 8. The van der Waals surface area contributed by atoms with Crippen LogP contribution >= 0.6 is 0 Å². The van der Waals surface area contributed by atoms with Gasteiger partial charge in [-0.3, -0.25) is 9.59 Å². The Morgan fingerprint density at radius 1 is 1.26 bits per heavy atom. The fourth-order valence-electron chi connectivity index (χ4n) is 2.52. The van der Waals surface area contributed by atoms with E-state index in [-0.39, 0.29) is 6.54 Å². The van der Waals surface area contributed by atoms with Crippen molar-refractivity contribution < 1.29 is 19.8 Å². The monoisotopic (exact) mass is 319 g/mol. The highest BCUT2D eigenvalue weighted by molar-refractivity contribution is 5.84. The number of nitrogens with zero attached hydrogens (tertiary/aromatic N) is 1. The van der Waals surface area contributed by atoms with Gasteiger partial charge in [0.2, 0.25) is 0 Å². The Morgan fingerprint density at radius 3 is 2.61 bits per heavy atom. The van der Waals surface area contributed by atoms with Crippen LogP contribution in [0, 0.1) is 5.92 Å². The van der Waals surface area contributed by atoms with Crippen molar-refractivity contribution in [2.75, 3.05) is 13.6 Å². The van der Waals surface area contributed by atoms with Gasteiger partial charge in [-0.2, -0.15) is 0 Å². The van der Waals surface area contributed by atoms with Gasteiger partial charge in [-0.1, -0.05) is 25.1 Å². The molecule has 1 aromatic carbocycles. The molecule has 0 saturated heterocycles. The first kappa shape index (κ1) is 17.0. The fraction of sp³-hybridized carbons (Fsp3) is 0.375. The third-order valence-electron chi connectivity index (χ3n) is 3.74. The summed E-state index contributed by atoms with van der Waals surface area (Å²) in [5, 5.41) is 20.9. The van der Waals surface area contributed by atoms with Crippen LogP contribution in [0.1, 0.15) is 12.5 Å². The number of hydrogen-bond donors (Lipinski definition) is 4. The molecule has 7 heteroatoms. The summed E-state index contributed by atoms with van der Waals surface area (Å²) < 4.78 is 0. The van der Waals surface area contributed by atoms with Crippen LogP contribution in [-0.4, -0.2) is 51.8 Å². The molecule has 4 N–H and O–H groups in total. The Labute approximate surface area is 133 Å². The molecule has 0 bridgehead atoms. The number of aromatic amines is 1. The summed E-state index contributed by atoms with van der Waals surface area (Å²) in [7, 11) is 1.64. The van der Waals surface area contributed by atoms with Gasteiger partial charge in [-0.25, -0.2) is 10.4 Å². The van der Waals surface area contributed by atoms with Crippen LogP contribution in [0.15, 0.2) is 30.5 Å². The van der Waals surface area contributed by atoms with Crippen LogP contribution in [0.2, 0.25) is 0 Å². The van der Waals surface area contributed by atoms with Gasteiger partial charge in [-0.05, 0) is 11.6 Å². The van der Waals surface area contributed by atoms with Crippen LogP contribution in [0.5, 0.6) is 0 Å². The highest BCUT2D eigenvalue weighted by atomic mass is 16.4. The highest BCUT2D eigenvalue weighted by Gasteiger charge is 2.22. The Balaban J connectivity index is 2.07. The number of aromatic nitrogens is 1. The molecule has 0 saturated carbocycles. The lowest BCUT2D eigenvalue weighted by atomic mass is 10.1. The van der Waals surface area contributed by atoms with E-state index in [4.69, 9.17) is 5.11 Å². The van der Waals surface area contributed by atoms with E-state index in [2.05, 4.69) is 10.4 Å². The number of para-hydroxylation sites is 1. The van der Waals surface area contributed by atoms with Crippen molar-refractivity contribution in [3.8, 4) is 0 Å². The molecule has 0 radical (unpaired) electrons. The van der Waals surface area contributed by atoms with Crippen molar-refractivity contribution in [3.05, 3.63) is 36.0 Å². The second kappa shape index (κ2) is 7.26. The van der Waals surface area contributed by atoms with E-state index in [9.17, 15) is 14.7 Å². The van der Waals surface area contributed by atoms with Crippen LogP contribution in [0.25, 0.3) is 10.9 Å². The normalized spacial score (nSPS) is 14.0. The maximum atomic E-state index is 11.5. The molecule has 0 fully saturated rings. The zero-order valence-electron chi connectivity index (χ0n) is 13.1. The topological polar surface area (TPSA) is 106 Å². The van der Waals surface area contributed by atoms with Gasteiger partial charge in [0.15, 0.2) is 0 Å². The highest BCUT2D eigenvalue weighted by Crippen LogP contribution is 2.19. The van der Waals surface area contributed by atoms with E-state index in [1.165, 1.54) is 5.01 Å². The standard InChI is InChI=1S/C16H21N3O4/c1-10(15(20)21)9-19(2)18-14(16(22)23)7-11-8-17-13-6-4-3-5-12(11)13/h3-6,8,10,14,17-18H,7,9H2,1-2H3,(H,20,21)(H,22,23)/t10?,14-/m0/s1. The van der Waals surface area contributed by atoms with Crippen LogP contribution in [0.4, 0.5) is 0 Å². The molecule has 1 aromatic heterocycles. The number of H-pyrrole nitrogens is 1. The Bertz CT molecular complexity index is 697. The third-order valence-corrected chi connectivity index (χ3v) is 3.74. The molecule has 2 atom stereocenters. The number of benzene rings is 1. The Morgan fingerprint density at radius 2 is 1.96 bits per heavy atom. The largest absolute Gasteiger partial charge is 0.481 e. The fourth-order valence-corrected chi connectivity index (χ4v) is 2.52. The minimum Gasteiger partial charge on any atom is -0.481 e. The molecule has 0 aliphatic carbocycles. The lowest BCUT2D eigenvalue weighted by Gasteiger charge is -2.24. The molecule has 0 amide bonds. The summed E-state index contributed by atoms with van der Waals surface area (Å²) >= 11 is 0. The van der Waals surface area contributed by atoms with Gasteiger partial charge in [-0.15, -0.1) is 0 Å². The van der Waals surface area contributed by atoms with Gasteiger partial charge in [0.05, 0.1) is 5.92 Å². The maximum Gasteiger partial charge on any atom is 0.322 e. The average molecular weight is 319 g/mol. The molecule has 2 rings (SSSR count). The molecule has 7 nitrogen and oxygen atoms in total. The Hall–Kier alpha value is -2.38. The summed E-state index contributed by atoms with van der Waals surface area (Å²) in [6.07, 6.45) is 2.10. The molecular formula is C16H21N3O4. The summed E-state index contributed by atoms with van der Waals surface area (Å²) in [5.74, 6) is -2.48. The first-order valence-electron chi connectivity index (χ1n) is 7.36. The summed E-state index contributed by atoms with van der Waals surface area (Å²) in [6.45, 7) is 1.79. The number of hydrazine groups is 1. The van der Waals surface area contributed by atoms with E-state index in [0.29, 0.717) is 6.42 Å². The summed E-state index contributed by atoms with van der Waals surface area (Å²) in [4.78, 5) is 25.5. The minimum absolute atomic E-state index is 0.215. The number of carboxylic acid groups (broad SMARTS) is 2. The van der Waals surface area contributed by atoms with Crippen molar-refractivity contribution in [3.63, 3.8) is 0 Å². The zero-order valence-corrected chi connectivity index (χ0v) is 13.1. The van der Waals surface area contributed by atoms with Crippen LogP contribution < -0.4 is 5.43 Å². The van der Waals surface area contributed by atoms with Crippen molar-refractivity contribution >= 4 is 22.8 Å². The SMILES string of the molecule is CC(CN(C)N[C@@H](Cc1c[nH]c2ccccc12)C(=O)O)C(=O)O. The average Bonchev–Trinajstić information content (AvgIpc) is 2.89. The van der Waals surface area contributed by atoms with E-state index < -0.39 is 23.9 Å². The lowest BCUT2D eigenvalue weighted by Crippen LogP contribution is -2.49. The van der Waals surface area contributed by atoms with Crippen molar-refractivity contribution in [1.29, 1.82) is 0 Å². The lowest BCUT2D eigenvalue weighted by molar-refractivity contribution is -0.142. The van der Waals surface area contributed by atoms with E-state index in [1.807, 2.05) is 30.5 Å². The van der Waals surface area contributed by atoms with Gasteiger partial charge < -0.3 is 15.2 Å². The molecule has 23 heavy (non-hydrogen) atoms. The van der Waals surface area contributed by atoms with Crippen LogP contribution in [-0.2, 0) is 16.0 Å². The molecule has 0 aliphatic rings. The molecule has 0 aliphatic heterocycles. The van der Waals surface area contributed by atoms with E-state index in [0.717, 1.165) is 16.5 Å². The number of hydrogen-bond acceptors (Lipinski definition) is 4. The smallest absolute Gasteiger partial charge is 0.322 e. The van der Waals surface area contributed by atoms with Crippen molar-refractivity contribution in [2.24, 2.45) is 5.92 Å². The molecule has 1 unspecified atom stereocenters. The zero-order chi connectivity index (χ0) is 17.0. The maximum absolute atomic E-state index is 11.5. The van der Waals surface area contributed by atoms with Crippen molar-refractivity contribution in [2.45, 2.75) is 19.4 Å². The number of carbonyl (C=O) groups is 2. The first-order chi connectivity index (χ1) is 10.9. The molecule has 0 spiro atoms. The summed E-state index contributed by atoms with van der Waals surface area (Å²) in [5.41, 5.74) is 4.72. The first-order valence-corrected chi connectivity index (χ1v) is 7.36. The summed E-state index contributed by atoms with van der Waals surface area (Å²) in [6, 6.07) is 6.86. The molecule has 1 heterocycles. The minimum atomic E-state index is -0.981. The van der Waals surface area contributed by atoms with Gasteiger partial charge in [0.1, 0.15) is 6.04 Å². The molecule has 2 aromatic rings. The predicted molar refractivity (Wildman–Crippen MR) is 86.0 cm³/mol. The van der Waals surface area contributed by atoms with Crippen LogP contribution in [0.3, 0.4) is 0 Å². The Kier molecular flexibility index (Phi) is 5.36. The number of nitrogens with one attached hydrogen (secondary N) is 2. The van der Waals surface area contributed by atoms with Crippen molar-refractivity contribution in [1.82, 2.24) is 15.4 Å². The number of carboxylic acids is 2. The van der Waals surface area contributed by atoms with Gasteiger partial charge in [0, 0.05) is 37.1 Å². The predicted octanol–water partition coefficient (Wildman–Crippen LogP) is 1.32. The third kappa shape index (κ3) is 4.30.